The monoisotopic (exact) mass is 398 g/mol. The zero-order chi connectivity index (χ0) is 20.3. The number of rotatable bonds is 7. The van der Waals surface area contributed by atoms with E-state index < -0.39 is 11.3 Å². The van der Waals surface area contributed by atoms with Gasteiger partial charge < -0.3 is 15.2 Å². The number of halogens is 1. The van der Waals surface area contributed by atoms with Crippen LogP contribution in [0.2, 0.25) is 0 Å². The van der Waals surface area contributed by atoms with Crippen molar-refractivity contribution in [3.8, 4) is 5.75 Å². The lowest BCUT2D eigenvalue weighted by atomic mass is 10.2. The first kappa shape index (κ1) is 23.8. The van der Waals surface area contributed by atoms with E-state index in [1.165, 1.54) is 6.92 Å². The summed E-state index contributed by atoms with van der Waals surface area (Å²) in [5, 5.41) is -1.14. The number of nitrogens with two attached hydrogens (primary N) is 1. The summed E-state index contributed by atoms with van der Waals surface area (Å²) in [5.74, 6) is -0.0469. The smallest absolute Gasteiger partial charge is 0.331 e. The minimum absolute atomic E-state index is 0.245. The van der Waals surface area contributed by atoms with Crippen molar-refractivity contribution < 1.29 is 19.1 Å². The van der Waals surface area contributed by atoms with Crippen LogP contribution in [0.15, 0.2) is 18.2 Å². The zero-order valence-electron chi connectivity index (χ0n) is 15.2. The topological polar surface area (TPSA) is 83.0 Å². The molecule has 0 spiro atoms. The summed E-state index contributed by atoms with van der Waals surface area (Å²) in [5.41, 5.74) is 6.64. The number of ketones is 1. The average molecular weight is 399 g/mol. The van der Waals surface area contributed by atoms with Gasteiger partial charge >= 0.3 is 5.97 Å². The van der Waals surface area contributed by atoms with Crippen LogP contribution in [-0.2, 0) is 14.3 Å². The molecule has 0 radical (unpaired) electrons. The molecule has 8 heteroatoms. The summed E-state index contributed by atoms with van der Waals surface area (Å²) >= 11 is 10.2. The van der Waals surface area contributed by atoms with E-state index in [2.05, 4.69) is 23.4 Å². The third kappa shape index (κ3) is 8.79. The number of benzene rings is 1. The molecule has 0 bridgehead atoms. The Bertz CT molecular complexity index is 686. The van der Waals surface area contributed by atoms with Gasteiger partial charge in [0.1, 0.15) is 10.7 Å². The van der Waals surface area contributed by atoms with Gasteiger partial charge in [0.05, 0.1) is 19.8 Å². The van der Waals surface area contributed by atoms with Crippen molar-refractivity contribution in [1.82, 2.24) is 0 Å². The van der Waals surface area contributed by atoms with Crippen LogP contribution < -0.4 is 10.5 Å². The maximum Gasteiger partial charge on any atom is 0.331 e. The van der Waals surface area contributed by atoms with Crippen molar-refractivity contribution in [1.29, 1.82) is 0 Å². The normalized spacial score (nSPS) is 10.8. The van der Waals surface area contributed by atoms with E-state index >= 15 is 0 Å². The number of alkyl halides is 1. The molecule has 26 heavy (non-hydrogen) atoms. The third-order valence-corrected chi connectivity index (χ3v) is 3.51. The van der Waals surface area contributed by atoms with Crippen molar-refractivity contribution in [2.75, 3.05) is 13.2 Å². The summed E-state index contributed by atoms with van der Waals surface area (Å²) in [6.07, 6.45) is 0. The summed E-state index contributed by atoms with van der Waals surface area (Å²) < 4.78 is 10.00. The summed E-state index contributed by atoms with van der Waals surface area (Å²) in [7, 11) is 0. The Hall–Kier alpha value is -2.17. The first-order valence-electron chi connectivity index (χ1n) is 7.89. The minimum Gasteiger partial charge on any atom is -0.504 e. The fraction of sp³-hybridized carbons (Fsp3) is 0.444. The van der Waals surface area contributed by atoms with E-state index in [-0.39, 0.29) is 12.4 Å². The Kier molecular flexibility index (Phi) is 11.2. The zero-order valence-corrected chi connectivity index (χ0v) is 16.8. The van der Waals surface area contributed by atoms with E-state index in [4.69, 9.17) is 40.9 Å². The van der Waals surface area contributed by atoms with Gasteiger partial charge in [0.2, 0.25) is 5.69 Å². The maximum atomic E-state index is 10.6. The second-order valence-corrected chi connectivity index (χ2v) is 6.46. The molecule has 1 rings (SSSR count). The van der Waals surface area contributed by atoms with E-state index in [9.17, 15) is 9.59 Å². The molecule has 1 unspecified atom stereocenters. The SMILES string of the molecule is CCOC(=O)C(Cl)C(C)=O.[C-]#[N+]c1cc(C(N)=S)ccc1OCC(C)C. The Labute approximate surface area is 164 Å². The fourth-order valence-electron chi connectivity index (χ4n) is 1.52. The maximum absolute atomic E-state index is 10.6. The first-order valence-corrected chi connectivity index (χ1v) is 8.73. The van der Waals surface area contributed by atoms with Gasteiger partial charge in [0.25, 0.3) is 0 Å². The molecule has 1 atom stereocenters. The van der Waals surface area contributed by atoms with Crippen LogP contribution in [0.3, 0.4) is 0 Å². The van der Waals surface area contributed by atoms with Crippen LogP contribution in [0.4, 0.5) is 5.69 Å². The quantitative estimate of drug-likeness (QED) is 0.248. The Balaban J connectivity index is 0.000000541. The van der Waals surface area contributed by atoms with Crippen LogP contribution in [0.5, 0.6) is 5.75 Å². The molecule has 0 aromatic heterocycles. The molecule has 0 aliphatic carbocycles. The van der Waals surface area contributed by atoms with E-state index in [1.54, 1.807) is 25.1 Å². The molecule has 142 valence electrons. The molecule has 0 aliphatic rings. The molecule has 0 fully saturated rings. The molecule has 0 saturated carbocycles. The highest BCUT2D eigenvalue weighted by atomic mass is 35.5. The molecule has 0 heterocycles. The van der Waals surface area contributed by atoms with Crippen LogP contribution in [-0.4, -0.2) is 35.3 Å². The number of Topliss-reactive ketones (excluding diaryl/α,β-unsaturated/α-hetero) is 1. The van der Waals surface area contributed by atoms with Gasteiger partial charge in [0, 0.05) is 0 Å². The molecule has 0 saturated heterocycles. The number of nitrogens with zero attached hydrogens (tertiary/aromatic N) is 1. The number of thiocarbonyl (C=S) groups is 1. The van der Waals surface area contributed by atoms with E-state index in [1.807, 2.05) is 0 Å². The molecule has 2 N–H and O–H groups in total. The molecule has 1 aromatic carbocycles. The van der Waals surface area contributed by atoms with Crippen molar-refractivity contribution in [2.24, 2.45) is 11.7 Å². The third-order valence-electron chi connectivity index (χ3n) is 2.79. The van der Waals surface area contributed by atoms with Crippen molar-refractivity contribution in [2.45, 2.75) is 33.1 Å². The molecule has 0 amide bonds. The van der Waals surface area contributed by atoms with Crippen molar-refractivity contribution in [3.05, 3.63) is 35.2 Å². The summed E-state index contributed by atoms with van der Waals surface area (Å²) in [4.78, 5) is 24.7. The van der Waals surface area contributed by atoms with Gasteiger partial charge in [-0.25, -0.2) is 9.64 Å². The number of hydrogen-bond acceptors (Lipinski definition) is 5. The lowest BCUT2D eigenvalue weighted by Crippen LogP contribution is -2.24. The molecule has 1 aromatic rings. The Morgan fingerprint density at radius 2 is 2.00 bits per heavy atom. The predicted molar refractivity (Wildman–Crippen MR) is 106 cm³/mol. The largest absolute Gasteiger partial charge is 0.504 e. The minimum atomic E-state index is -1.14. The molecule has 0 aliphatic heterocycles. The summed E-state index contributed by atoms with van der Waals surface area (Å²) in [6, 6.07) is 5.17. The highest BCUT2D eigenvalue weighted by Gasteiger charge is 2.20. The second-order valence-electron chi connectivity index (χ2n) is 5.59. The molecule has 6 nitrogen and oxygen atoms in total. The average Bonchev–Trinajstić information content (AvgIpc) is 2.59. The lowest BCUT2D eigenvalue weighted by Gasteiger charge is -2.11. The van der Waals surface area contributed by atoms with Crippen LogP contribution in [0.1, 0.15) is 33.3 Å². The Morgan fingerprint density at radius 1 is 1.38 bits per heavy atom. The molecular formula is C18H23ClN2O4S. The van der Waals surface area contributed by atoms with E-state index in [0.29, 0.717) is 34.5 Å². The van der Waals surface area contributed by atoms with Crippen molar-refractivity contribution >= 4 is 46.2 Å². The fourth-order valence-corrected chi connectivity index (χ4v) is 1.71. The number of ether oxygens (including phenoxy) is 2. The van der Waals surface area contributed by atoms with Gasteiger partial charge in [-0.2, -0.15) is 0 Å². The second kappa shape index (κ2) is 12.2. The van der Waals surface area contributed by atoms with Gasteiger partial charge in [-0.05, 0) is 37.5 Å². The van der Waals surface area contributed by atoms with Gasteiger partial charge in [-0.15, -0.1) is 11.6 Å². The summed E-state index contributed by atoms with van der Waals surface area (Å²) in [6.45, 7) is 14.9. The highest BCUT2D eigenvalue weighted by molar-refractivity contribution is 7.80. The molecular weight excluding hydrogens is 376 g/mol. The van der Waals surface area contributed by atoms with Gasteiger partial charge in [-0.1, -0.05) is 32.1 Å². The highest BCUT2D eigenvalue weighted by Crippen LogP contribution is 2.29. The van der Waals surface area contributed by atoms with Crippen LogP contribution in [0.25, 0.3) is 4.85 Å². The Morgan fingerprint density at radius 3 is 2.42 bits per heavy atom. The lowest BCUT2D eigenvalue weighted by molar-refractivity contribution is -0.144. The van der Waals surface area contributed by atoms with Crippen molar-refractivity contribution in [3.63, 3.8) is 0 Å². The van der Waals surface area contributed by atoms with Crippen LogP contribution >= 0.6 is 23.8 Å². The standard InChI is InChI=1S/C12H14N2OS.C6H9ClO3/c1-8(2)7-15-11-5-4-9(12(13)16)6-10(11)14-3;1-3-10-6(9)5(7)4(2)8/h4-6,8H,7H2,1-2H3,(H2,13,16);5H,3H2,1-2H3. The van der Waals surface area contributed by atoms with Crippen LogP contribution in [0, 0.1) is 12.5 Å². The predicted octanol–water partition coefficient (Wildman–Crippen LogP) is 3.65. The van der Waals surface area contributed by atoms with Gasteiger partial charge in [-0.3, -0.25) is 4.79 Å². The number of carbonyl (C=O) groups excluding carboxylic acids is 2. The first-order chi connectivity index (χ1) is 12.1. The van der Waals surface area contributed by atoms with Gasteiger partial charge in [0.15, 0.2) is 11.2 Å². The number of carbonyl (C=O) groups is 2. The van der Waals surface area contributed by atoms with E-state index in [0.717, 1.165) is 0 Å². The number of esters is 1. The number of hydrogen-bond donors (Lipinski definition) is 1.